The van der Waals surface area contributed by atoms with Gasteiger partial charge in [-0.1, -0.05) is 121 Å². The maximum Gasteiger partial charge on any atom is 0.197 e. The Balaban J connectivity index is 1.12. The van der Waals surface area contributed by atoms with Gasteiger partial charge in [0.1, 0.15) is 0 Å². The second-order valence-electron chi connectivity index (χ2n) is 14.5. The molecule has 0 N–H and O–H groups in total. The highest BCUT2D eigenvalue weighted by molar-refractivity contribution is 6.11. The first-order valence-corrected chi connectivity index (χ1v) is 18.8. The molecule has 0 saturated carbocycles. The quantitative estimate of drug-likeness (QED) is 0.164. The van der Waals surface area contributed by atoms with Crippen molar-refractivity contribution >= 4 is 49.3 Å². The fourth-order valence-electron chi connectivity index (χ4n) is 8.60. The molecule has 56 heavy (non-hydrogen) atoms. The molecule has 0 aliphatic rings. The lowest BCUT2D eigenvalue weighted by Gasteiger charge is -2.15. The lowest BCUT2D eigenvalue weighted by Crippen LogP contribution is -1.97. The van der Waals surface area contributed by atoms with Crippen molar-refractivity contribution in [2.75, 3.05) is 0 Å². The predicted octanol–water partition coefficient (Wildman–Crippen LogP) is 13.9. The van der Waals surface area contributed by atoms with Crippen LogP contribution >= 0.6 is 0 Å². The summed E-state index contributed by atoms with van der Waals surface area (Å²) in [7, 11) is 0. The SMILES string of the molecule is [C-]#[N+]c1cc(-n2c3ccccc3c3ccc(-c4ccccc4C)cc32)ccc1-c1ccc(-n2c3ccccc3c3ccc(-c4ccccc4C)cc32)cc1C#N. The maximum absolute atomic E-state index is 10.7. The monoisotopic (exact) mass is 714 g/mol. The molecule has 0 aliphatic carbocycles. The van der Waals surface area contributed by atoms with Crippen LogP contribution in [-0.4, -0.2) is 9.13 Å². The molecule has 0 bridgehead atoms. The van der Waals surface area contributed by atoms with Crippen LogP contribution in [0.1, 0.15) is 16.7 Å². The summed E-state index contributed by atoms with van der Waals surface area (Å²) < 4.78 is 4.51. The number of nitriles is 1. The van der Waals surface area contributed by atoms with Gasteiger partial charge in [-0.15, -0.1) is 0 Å². The van der Waals surface area contributed by atoms with Crippen LogP contribution in [0.3, 0.4) is 0 Å². The number of benzene rings is 8. The first kappa shape index (κ1) is 32.9. The molecule has 2 aromatic heterocycles. The third-order valence-electron chi connectivity index (χ3n) is 11.3. The van der Waals surface area contributed by atoms with Crippen molar-refractivity contribution in [1.29, 1.82) is 5.26 Å². The van der Waals surface area contributed by atoms with Crippen LogP contribution in [0, 0.1) is 31.8 Å². The topological polar surface area (TPSA) is 38.0 Å². The third kappa shape index (κ3) is 5.12. The van der Waals surface area contributed by atoms with E-state index in [4.69, 9.17) is 6.57 Å². The normalized spacial score (nSPS) is 11.4. The van der Waals surface area contributed by atoms with E-state index in [9.17, 15) is 5.26 Å². The Morgan fingerprint density at radius 3 is 1.43 bits per heavy atom. The van der Waals surface area contributed by atoms with Gasteiger partial charge in [-0.25, -0.2) is 4.85 Å². The number of rotatable bonds is 5. The molecule has 0 fully saturated rings. The van der Waals surface area contributed by atoms with Crippen molar-refractivity contribution in [1.82, 2.24) is 9.13 Å². The van der Waals surface area contributed by atoms with E-state index in [1.54, 1.807) is 0 Å². The summed E-state index contributed by atoms with van der Waals surface area (Å²) in [4.78, 5) is 4.05. The number of aryl methyl sites for hydroxylation is 2. The van der Waals surface area contributed by atoms with Gasteiger partial charge in [0.2, 0.25) is 0 Å². The summed E-state index contributed by atoms with van der Waals surface area (Å²) in [5.74, 6) is 0. The van der Waals surface area contributed by atoms with Gasteiger partial charge in [0.25, 0.3) is 0 Å². The number of nitrogens with zero attached hydrogens (tertiary/aromatic N) is 4. The van der Waals surface area contributed by atoms with E-state index >= 15 is 0 Å². The zero-order chi connectivity index (χ0) is 37.9. The molecule has 4 heteroatoms. The fourth-order valence-corrected chi connectivity index (χ4v) is 8.60. The molecular weight excluding hydrogens is 681 g/mol. The summed E-state index contributed by atoms with van der Waals surface area (Å²) in [5, 5.41) is 15.3. The maximum atomic E-state index is 10.7. The van der Waals surface area contributed by atoms with Crippen molar-refractivity contribution in [2.24, 2.45) is 0 Å². The minimum absolute atomic E-state index is 0.493. The molecule has 0 unspecified atom stereocenters. The fraction of sp³-hybridized carbons (Fsp3) is 0.0385. The van der Waals surface area contributed by atoms with Crippen molar-refractivity contribution in [3.8, 4) is 50.8 Å². The zero-order valence-electron chi connectivity index (χ0n) is 31.0. The molecule has 0 saturated heterocycles. The van der Waals surface area contributed by atoms with Crippen molar-refractivity contribution < 1.29 is 0 Å². The number of hydrogen-bond acceptors (Lipinski definition) is 1. The Kier molecular flexibility index (Phi) is 7.66. The van der Waals surface area contributed by atoms with Gasteiger partial charge in [-0.2, -0.15) is 5.26 Å². The summed E-state index contributed by atoms with van der Waals surface area (Å²) >= 11 is 0. The van der Waals surface area contributed by atoms with Crippen LogP contribution in [0.2, 0.25) is 0 Å². The van der Waals surface area contributed by atoms with Crippen LogP contribution in [0.25, 0.3) is 93.2 Å². The van der Waals surface area contributed by atoms with Crippen molar-refractivity contribution in [2.45, 2.75) is 13.8 Å². The summed E-state index contributed by atoms with van der Waals surface area (Å²) in [5.41, 5.74) is 15.7. The van der Waals surface area contributed by atoms with Crippen molar-refractivity contribution in [3.63, 3.8) is 0 Å². The van der Waals surface area contributed by atoms with Crippen LogP contribution in [0.4, 0.5) is 5.69 Å². The molecule has 4 nitrogen and oxygen atoms in total. The minimum Gasteiger partial charge on any atom is -0.310 e. The minimum atomic E-state index is 0.493. The molecule has 2 heterocycles. The average molecular weight is 715 g/mol. The van der Waals surface area contributed by atoms with Crippen molar-refractivity contribution in [3.05, 3.63) is 198 Å². The number of fused-ring (bicyclic) bond motifs is 6. The molecule has 0 radical (unpaired) electrons. The molecule has 0 atom stereocenters. The van der Waals surface area contributed by atoms with E-state index in [-0.39, 0.29) is 0 Å². The number of para-hydroxylation sites is 2. The molecule has 8 aromatic carbocycles. The highest BCUT2D eigenvalue weighted by atomic mass is 15.0. The van der Waals surface area contributed by atoms with Crippen LogP contribution in [0.15, 0.2) is 170 Å². The van der Waals surface area contributed by atoms with Gasteiger partial charge in [-0.3, -0.25) is 0 Å². The lowest BCUT2D eigenvalue weighted by molar-refractivity contribution is 1.17. The number of hydrogen-bond donors (Lipinski definition) is 0. The standard InChI is InChI=1S/C52H34N4/c1-33-12-4-6-14-40(33)35-20-24-46-44-16-8-10-18-49(44)55(51(46)29-35)38-22-26-42(37(28-38)32-53)43-27-23-39(31-48(43)54-3)56-50-19-11-9-17-45(50)47-25-21-36(30-52(47)56)41-15-7-5-13-34(41)2/h4-31H,1-2H3. The van der Waals surface area contributed by atoms with E-state index in [2.05, 4.69) is 179 Å². The molecule has 0 amide bonds. The smallest absolute Gasteiger partial charge is 0.197 e. The van der Waals surface area contributed by atoms with E-state index in [0.717, 1.165) is 77.2 Å². The number of aromatic nitrogens is 2. The highest BCUT2D eigenvalue weighted by Crippen LogP contribution is 2.41. The van der Waals surface area contributed by atoms with Gasteiger partial charge in [0.05, 0.1) is 40.3 Å². The average Bonchev–Trinajstić information content (AvgIpc) is 3.75. The first-order valence-electron chi connectivity index (χ1n) is 18.8. The van der Waals surface area contributed by atoms with Gasteiger partial charge in [-0.05, 0) is 107 Å². The molecule has 10 rings (SSSR count). The summed E-state index contributed by atoms with van der Waals surface area (Å²) in [6.07, 6.45) is 0. The Morgan fingerprint density at radius 1 is 0.446 bits per heavy atom. The van der Waals surface area contributed by atoms with Crippen LogP contribution < -0.4 is 0 Å². The second-order valence-corrected chi connectivity index (χ2v) is 14.5. The highest BCUT2D eigenvalue weighted by Gasteiger charge is 2.19. The lowest BCUT2D eigenvalue weighted by atomic mass is 9.97. The van der Waals surface area contributed by atoms with Crippen LogP contribution in [-0.2, 0) is 0 Å². The van der Waals surface area contributed by atoms with Gasteiger partial charge in [0, 0.05) is 32.9 Å². The summed E-state index contributed by atoms with van der Waals surface area (Å²) in [6, 6.07) is 61.6. The van der Waals surface area contributed by atoms with Crippen LogP contribution in [0.5, 0.6) is 0 Å². The van der Waals surface area contributed by atoms with Gasteiger partial charge >= 0.3 is 0 Å². The Labute approximate surface area is 325 Å². The first-order chi connectivity index (χ1) is 27.5. The van der Waals surface area contributed by atoms with E-state index < -0.39 is 0 Å². The molecule has 0 spiro atoms. The Bertz CT molecular complexity index is 3080. The van der Waals surface area contributed by atoms with E-state index in [1.165, 1.54) is 22.3 Å². The summed E-state index contributed by atoms with van der Waals surface area (Å²) in [6.45, 7) is 12.6. The molecule has 0 aliphatic heterocycles. The van der Waals surface area contributed by atoms with E-state index in [0.29, 0.717) is 11.3 Å². The van der Waals surface area contributed by atoms with E-state index in [1.807, 2.05) is 24.3 Å². The molecular formula is C52H34N4. The molecule has 262 valence electrons. The predicted molar refractivity (Wildman–Crippen MR) is 232 cm³/mol. The zero-order valence-corrected chi connectivity index (χ0v) is 31.0. The largest absolute Gasteiger partial charge is 0.310 e. The second kappa shape index (κ2) is 13.0. The Morgan fingerprint density at radius 2 is 0.911 bits per heavy atom. The van der Waals surface area contributed by atoms with Gasteiger partial charge < -0.3 is 9.13 Å². The Hall–Kier alpha value is -7.66. The molecule has 10 aromatic rings. The third-order valence-corrected chi connectivity index (χ3v) is 11.3. The van der Waals surface area contributed by atoms with Gasteiger partial charge in [0.15, 0.2) is 5.69 Å².